The molecule has 76 valence electrons. The topological polar surface area (TPSA) is 27.7 Å². The monoisotopic (exact) mass is 214 g/mol. The minimum Gasteiger partial charge on any atom is -0.493 e. The smallest absolute Gasteiger partial charge is 0.363 e. The van der Waals surface area contributed by atoms with E-state index in [0.29, 0.717) is 0 Å². The first-order valence-electron chi connectivity index (χ1n) is 3.40. The molecule has 0 N–H and O–H groups in total. The van der Waals surface area contributed by atoms with Gasteiger partial charge in [-0.3, -0.25) is 0 Å². The molecule has 0 heterocycles. The van der Waals surface area contributed by atoms with Crippen LogP contribution in [0.2, 0.25) is 0 Å². The summed E-state index contributed by atoms with van der Waals surface area (Å²) in [5.74, 6) is -6.14. The van der Waals surface area contributed by atoms with Crippen LogP contribution in [0.4, 0.5) is 8.78 Å². The molecule has 3 nitrogen and oxygen atoms in total. The second-order valence-corrected chi connectivity index (χ2v) is 2.82. The molecule has 0 aromatic carbocycles. The van der Waals surface area contributed by atoms with Gasteiger partial charge in [-0.05, 0) is 0 Å². The normalized spacial score (nSPS) is 24.2. The Bertz CT molecular complexity index is 248. The molecule has 0 spiro atoms. The molecule has 0 unspecified atom stereocenters. The summed E-state index contributed by atoms with van der Waals surface area (Å²) in [6, 6.07) is 0. The summed E-state index contributed by atoms with van der Waals surface area (Å²) < 4.78 is 40.0. The maximum atomic E-state index is 13.3. The maximum absolute atomic E-state index is 13.3. The third kappa shape index (κ3) is 1.01. The highest BCUT2D eigenvalue weighted by atomic mass is 35.5. The highest BCUT2D eigenvalue weighted by molar-refractivity contribution is 6.32. The number of methoxy groups -OCH3 is 3. The van der Waals surface area contributed by atoms with E-state index >= 15 is 0 Å². The number of hydrogen-bond acceptors (Lipinski definition) is 3. The summed E-state index contributed by atoms with van der Waals surface area (Å²) in [5, 5.41) is -0.259. The van der Waals surface area contributed by atoms with E-state index in [2.05, 4.69) is 14.2 Å². The predicted octanol–water partition coefficient (Wildman–Crippen LogP) is 1.72. The molecule has 0 aromatic rings. The first-order chi connectivity index (χ1) is 5.97. The van der Waals surface area contributed by atoms with Gasteiger partial charge in [0.1, 0.15) is 5.03 Å². The van der Waals surface area contributed by atoms with Crippen LogP contribution in [0.25, 0.3) is 0 Å². The molecular formula is C7H9ClF2O3. The van der Waals surface area contributed by atoms with Crippen LogP contribution in [0.1, 0.15) is 0 Å². The SMILES string of the molecule is COC1=C(Cl)C(OC)(OC)C1(F)F. The van der Waals surface area contributed by atoms with Crippen LogP contribution < -0.4 is 0 Å². The molecule has 0 aromatic heterocycles. The zero-order valence-electron chi connectivity index (χ0n) is 7.36. The van der Waals surface area contributed by atoms with Crippen molar-refractivity contribution < 1.29 is 23.0 Å². The number of ether oxygens (including phenoxy) is 3. The van der Waals surface area contributed by atoms with Crippen molar-refractivity contribution >= 4 is 11.6 Å². The number of alkyl halides is 2. The van der Waals surface area contributed by atoms with Crippen LogP contribution >= 0.6 is 11.6 Å². The molecule has 0 saturated carbocycles. The lowest BCUT2D eigenvalue weighted by atomic mass is 9.93. The Hall–Kier alpha value is -0.390. The fourth-order valence-corrected chi connectivity index (χ4v) is 1.72. The predicted molar refractivity (Wildman–Crippen MR) is 41.6 cm³/mol. The number of hydrogen-bond donors (Lipinski definition) is 0. The quantitative estimate of drug-likeness (QED) is 0.670. The average molecular weight is 215 g/mol. The fraction of sp³-hybridized carbons (Fsp3) is 0.714. The molecule has 0 fully saturated rings. The van der Waals surface area contributed by atoms with Gasteiger partial charge in [0, 0.05) is 14.2 Å². The van der Waals surface area contributed by atoms with E-state index in [9.17, 15) is 8.78 Å². The van der Waals surface area contributed by atoms with E-state index in [1.165, 1.54) is 0 Å². The van der Waals surface area contributed by atoms with E-state index in [1.807, 2.05) is 0 Å². The van der Waals surface area contributed by atoms with Crippen LogP contribution in [0.3, 0.4) is 0 Å². The summed E-state index contributed by atoms with van der Waals surface area (Å²) in [6.07, 6.45) is 0. The van der Waals surface area contributed by atoms with Gasteiger partial charge in [0.05, 0.1) is 7.11 Å². The molecule has 0 bridgehead atoms. The Morgan fingerprint density at radius 2 is 1.62 bits per heavy atom. The molecule has 0 atom stereocenters. The van der Waals surface area contributed by atoms with Crippen LogP contribution in [0, 0.1) is 0 Å². The molecular weight excluding hydrogens is 206 g/mol. The summed E-state index contributed by atoms with van der Waals surface area (Å²) in [4.78, 5) is 0. The van der Waals surface area contributed by atoms with E-state index in [0.717, 1.165) is 21.3 Å². The van der Waals surface area contributed by atoms with Gasteiger partial charge >= 0.3 is 5.92 Å². The Labute approximate surface area is 79.2 Å². The molecule has 1 aliphatic rings. The van der Waals surface area contributed by atoms with Gasteiger partial charge in [-0.25, -0.2) is 0 Å². The molecule has 1 rings (SSSR count). The van der Waals surface area contributed by atoms with Gasteiger partial charge < -0.3 is 14.2 Å². The van der Waals surface area contributed by atoms with Crippen molar-refractivity contribution in [2.75, 3.05) is 21.3 Å². The maximum Gasteiger partial charge on any atom is 0.363 e. The van der Waals surface area contributed by atoms with Crippen LogP contribution in [0.5, 0.6) is 0 Å². The lowest BCUT2D eigenvalue weighted by Crippen LogP contribution is -2.61. The molecule has 1 aliphatic carbocycles. The van der Waals surface area contributed by atoms with Crippen molar-refractivity contribution in [3.05, 3.63) is 10.8 Å². The third-order valence-corrected chi connectivity index (χ3v) is 2.39. The van der Waals surface area contributed by atoms with Crippen molar-refractivity contribution in [1.82, 2.24) is 0 Å². The van der Waals surface area contributed by atoms with E-state index in [4.69, 9.17) is 11.6 Å². The lowest BCUT2D eigenvalue weighted by Gasteiger charge is -2.45. The summed E-state index contributed by atoms with van der Waals surface area (Å²) in [7, 11) is 3.29. The van der Waals surface area contributed by atoms with E-state index in [-0.39, 0.29) is 5.03 Å². The highest BCUT2D eigenvalue weighted by Gasteiger charge is 2.72. The van der Waals surface area contributed by atoms with Gasteiger partial charge in [-0.15, -0.1) is 0 Å². The van der Waals surface area contributed by atoms with Crippen molar-refractivity contribution in [3.63, 3.8) is 0 Å². The molecule has 0 saturated heterocycles. The Morgan fingerprint density at radius 3 is 1.85 bits per heavy atom. The van der Waals surface area contributed by atoms with Crippen molar-refractivity contribution in [3.8, 4) is 0 Å². The van der Waals surface area contributed by atoms with Gasteiger partial charge in [0.25, 0.3) is 5.79 Å². The van der Waals surface area contributed by atoms with Gasteiger partial charge in [0.15, 0.2) is 5.76 Å². The average Bonchev–Trinajstić information content (AvgIpc) is 2.07. The zero-order valence-corrected chi connectivity index (χ0v) is 8.11. The van der Waals surface area contributed by atoms with Gasteiger partial charge in [0.2, 0.25) is 0 Å². The van der Waals surface area contributed by atoms with Gasteiger partial charge in [-0.1, -0.05) is 11.6 Å². The largest absolute Gasteiger partial charge is 0.493 e. The van der Waals surface area contributed by atoms with Crippen LogP contribution in [0.15, 0.2) is 10.8 Å². The van der Waals surface area contributed by atoms with Crippen LogP contribution in [-0.2, 0) is 14.2 Å². The second kappa shape index (κ2) is 3.08. The summed E-state index contributed by atoms with van der Waals surface area (Å²) in [5.41, 5.74) is 0. The molecule has 0 aliphatic heterocycles. The highest BCUT2D eigenvalue weighted by Crippen LogP contribution is 2.55. The van der Waals surface area contributed by atoms with Crippen molar-refractivity contribution in [1.29, 1.82) is 0 Å². The van der Waals surface area contributed by atoms with Gasteiger partial charge in [-0.2, -0.15) is 8.78 Å². The van der Waals surface area contributed by atoms with Crippen LogP contribution in [-0.4, -0.2) is 33.0 Å². The number of halogens is 3. The molecule has 0 amide bonds. The molecule has 13 heavy (non-hydrogen) atoms. The third-order valence-electron chi connectivity index (χ3n) is 1.97. The first-order valence-corrected chi connectivity index (χ1v) is 3.78. The second-order valence-electron chi connectivity index (χ2n) is 2.45. The molecule has 0 radical (unpaired) electrons. The Morgan fingerprint density at radius 1 is 1.15 bits per heavy atom. The minimum atomic E-state index is -3.34. The Balaban J connectivity index is 3.12. The zero-order chi connectivity index (χ0) is 10.3. The molecule has 6 heteroatoms. The first kappa shape index (κ1) is 10.7. The fourth-order valence-electron chi connectivity index (χ4n) is 1.25. The lowest BCUT2D eigenvalue weighted by molar-refractivity contribution is -0.313. The summed E-state index contributed by atoms with van der Waals surface area (Å²) in [6.45, 7) is 0. The standard InChI is InChI=1S/C7H9ClF2O3/c1-11-5-4(8)7(12-2,13-3)6(5,9)10/h1-3H3. The van der Waals surface area contributed by atoms with E-state index < -0.39 is 17.5 Å². The van der Waals surface area contributed by atoms with E-state index in [1.54, 1.807) is 0 Å². The summed E-state index contributed by atoms with van der Waals surface area (Å²) >= 11 is 5.55. The van der Waals surface area contributed by atoms with Crippen molar-refractivity contribution in [2.24, 2.45) is 0 Å². The van der Waals surface area contributed by atoms with Crippen molar-refractivity contribution in [2.45, 2.75) is 11.7 Å². The Kier molecular flexibility index (Phi) is 2.53. The number of rotatable bonds is 3. The minimum absolute atomic E-state index is 0.259.